The summed E-state index contributed by atoms with van der Waals surface area (Å²) >= 11 is 0. The van der Waals surface area contributed by atoms with Gasteiger partial charge in [0.1, 0.15) is 0 Å². The molecule has 0 bridgehead atoms. The predicted octanol–water partition coefficient (Wildman–Crippen LogP) is 3.72. The molecular weight excluding hydrogens is 420 g/mol. The molecule has 7 heteroatoms. The number of benzene rings is 2. The minimum Gasteiger partial charge on any atom is -0.449 e. The van der Waals surface area contributed by atoms with E-state index in [0.29, 0.717) is 29.2 Å². The average molecular weight is 449 g/mol. The van der Waals surface area contributed by atoms with E-state index in [1.807, 2.05) is 0 Å². The van der Waals surface area contributed by atoms with Crippen LogP contribution in [0.25, 0.3) is 0 Å². The summed E-state index contributed by atoms with van der Waals surface area (Å²) in [5, 5.41) is 2.89. The van der Waals surface area contributed by atoms with Crippen molar-refractivity contribution in [2.45, 2.75) is 51.7 Å². The zero-order chi connectivity index (χ0) is 23.4. The lowest BCUT2D eigenvalue weighted by Crippen LogP contribution is -2.38. The number of ether oxygens (including phenoxy) is 1. The van der Waals surface area contributed by atoms with Crippen molar-refractivity contribution in [3.05, 3.63) is 70.8 Å². The van der Waals surface area contributed by atoms with E-state index in [1.54, 1.807) is 55.5 Å². The second kappa shape index (κ2) is 9.98. The number of nitrogens with zero attached hydrogens (tertiary/aromatic N) is 1. The molecule has 1 aliphatic heterocycles. The van der Waals surface area contributed by atoms with Crippen LogP contribution in [0.2, 0.25) is 0 Å². The van der Waals surface area contributed by atoms with Gasteiger partial charge in [0, 0.05) is 6.54 Å². The number of rotatable bonds is 7. The first-order chi connectivity index (χ1) is 15.9. The smallest absolute Gasteiger partial charge is 0.338 e. The summed E-state index contributed by atoms with van der Waals surface area (Å²) in [5.41, 5.74) is 1.64. The number of hydrogen-bond acceptors (Lipinski definition) is 5. The molecule has 1 N–H and O–H groups in total. The summed E-state index contributed by atoms with van der Waals surface area (Å²) in [4.78, 5) is 51.3. The Balaban J connectivity index is 1.34. The van der Waals surface area contributed by atoms with Gasteiger partial charge in [0.05, 0.1) is 23.2 Å². The fourth-order valence-corrected chi connectivity index (χ4v) is 4.42. The van der Waals surface area contributed by atoms with Crippen molar-refractivity contribution in [1.29, 1.82) is 0 Å². The number of amides is 3. The molecule has 1 unspecified atom stereocenters. The lowest BCUT2D eigenvalue weighted by molar-refractivity contribution is -0.129. The summed E-state index contributed by atoms with van der Waals surface area (Å²) < 4.78 is 5.36. The summed E-state index contributed by atoms with van der Waals surface area (Å²) in [5.74, 6) is -1.15. The Morgan fingerprint density at radius 3 is 2.33 bits per heavy atom. The standard InChI is InChI=1S/C26H28N2O5/c1-17(23(29)27-15-18-8-3-2-4-9-18)33-26(32)20-11-7-10-19(14-20)16-28-24(30)21-12-5-6-13-22(21)25(28)31/h5-7,10-14,17-18H,2-4,8-9,15-16H2,1H3,(H,27,29). The Morgan fingerprint density at radius 2 is 1.67 bits per heavy atom. The monoisotopic (exact) mass is 448 g/mol. The minimum absolute atomic E-state index is 0.0465. The van der Waals surface area contributed by atoms with E-state index in [0.717, 1.165) is 17.7 Å². The number of imide groups is 1. The van der Waals surface area contributed by atoms with Gasteiger partial charge < -0.3 is 10.1 Å². The second-order valence-corrected chi connectivity index (χ2v) is 8.74. The molecule has 1 fully saturated rings. The fraction of sp³-hybridized carbons (Fsp3) is 0.385. The van der Waals surface area contributed by atoms with Gasteiger partial charge in [0.2, 0.25) is 0 Å². The normalized spacial score (nSPS) is 16.9. The molecule has 2 aromatic rings. The molecule has 0 radical (unpaired) electrons. The zero-order valence-corrected chi connectivity index (χ0v) is 18.7. The van der Waals surface area contributed by atoms with Crippen molar-refractivity contribution in [1.82, 2.24) is 10.2 Å². The van der Waals surface area contributed by atoms with Crippen LogP contribution >= 0.6 is 0 Å². The van der Waals surface area contributed by atoms with E-state index in [2.05, 4.69) is 5.32 Å². The lowest BCUT2D eigenvalue weighted by atomic mass is 9.89. The van der Waals surface area contributed by atoms with Crippen LogP contribution in [0, 0.1) is 5.92 Å². The highest BCUT2D eigenvalue weighted by Gasteiger charge is 2.35. The molecule has 3 amide bonds. The molecule has 1 heterocycles. The van der Waals surface area contributed by atoms with Gasteiger partial charge in [-0.15, -0.1) is 0 Å². The van der Waals surface area contributed by atoms with Crippen molar-refractivity contribution >= 4 is 23.7 Å². The molecule has 7 nitrogen and oxygen atoms in total. The summed E-state index contributed by atoms with van der Waals surface area (Å²) in [6, 6.07) is 13.3. The van der Waals surface area contributed by atoms with E-state index in [1.165, 1.54) is 19.3 Å². The number of fused-ring (bicyclic) bond motifs is 1. The van der Waals surface area contributed by atoms with Crippen LogP contribution in [0.1, 0.15) is 75.7 Å². The topological polar surface area (TPSA) is 92.8 Å². The number of esters is 1. The van der Waals surface area contributed by atoms with Crippen LogP contribution in [0.15, 0.2) is 48.5 Å². The van der Waals surface area contributed by atoms with Crippen molar-refractivity contribution < 1.29 is 23.9 Å². The Bertz CT molecular complexity index is 1040. The van der Waals surface area contributed by atoms with Crippen LogP contribution < -0.4 is 5.32 Å². The highest BCUT2D eigenvalue weighted by molar-refractivity contribution is 6.21. The molecule has 172 valence electrons. The van der Waals surface area contributed by atoms with Gasteiger partial charge in [0.15, 0.2) is 6.10 Å². The molecule has 0 aromatic heterocycles. The molecule has 2 aliphatic rings. The maximum Gasteiger partial charge on any atom is 0.338 e. The summed E-state index contributed by atoms with van der Waals surface area (Å²) in [7, 11) is 0. The Morgan fingerprint density at radius 1 is 1.00 bits per heavy atom. The third-order valence-electron chi connectivity index (χ3n) is 6.32. The zero-order valence-electron chi connectivity index (χ0n) is 18.7. The first-order valence-corrected chi connectivity index (χ1v) is 11.5. The van der Waals surface area contributed by atoms with E-state index in [-0.39, 0.29) is 29.8 Å². The van der Waals surface area contributed by atoms with Gasteiger partial charge in [-0.1, -0.05) is 43.5 Å². The molecule has 1 aliphatic carbocycles. The van der Waals surface area contributed by atoms with Crippen molar-refractivity contribution in [3.8, 4) is 0 Å². The molecule has 0 spiro atoms. The van der Waals surface area contributed by atoms with E-state index < -0.39 is 12.1 Å². The number of carbonyl (C=O) groups excluding carboxylic acids is 4. The maximum atomic E-state index is 12.6. The fourth-order valence-electron chi connectivity index (χ4n) is 4.42. The number of nitrogens with one attached hydrogen (secondary N) is 1. The molecule has 2 aromatic carbocycles. The van der Waals surface area contributed by atoms with Crippen molar-refractivity contribution in [2.75, 3.05) is 6.54 Å². The van der Waals surface area contributed by atoms with Crippen LogP contribution in [-0.4, -0.2) is 41.2 Å². The first-order valence-electron chi connectivity index (χ1n) is 11.5. The van der Waals surface area contributed by atoms with Gasteiger partial charge in [-0.2, -0.15) is 0 Å². The van der Waals surface area contributed by atoms with Gasteiger partial charge >= 0.3 is 5.97 Å². The Kier molecular flexibility index (Phi) is 6.87. The lowest BCUT2D eigenvalue weighted by Gasteiger charge is -2.22. The van der Waals surface area contributed by atoms with Crippen LogP contribution in [0.4, 0.5) is 0 Å². The Labute approximate surface area is 193 Å². The molecule has 33 heavy (non-hydrogen) atoms. The highest BCUT2D eigenvalue weighted by atomic mass is 16.5. The molecular formula is C26H28N2O5. The Hall–Kier alpha value is -3.48. The third kappa shape index (κ3) is 5.13. The van der Waals surface area contributed by atoms with E-state index >= 15 is 0 Å². The van der Waals surface area contributed by atoms with Gasteiger partial charge in [-0.05, 0) is 55.5 Å². The summed E-state index contributed by atoms with van der Waals surface area (Å²) in [6.45, 7) is 2.21. The van der Waals surface area contributed by atoms with Crippen molar-refractivity contribution in [2.24, 2.45) is 5.92 Å². The van der Waals surface area contributed by atoms with Crippen LogP contribution in [0.3, 0.4) is 0 Å². The van der Waals surface area contributed by atoms with Gasteiger partial charge in [0.25, 0.3) is 17.7 Å². The predicted molar refractivity (Wildman–Crippen MR) is 122 cm³/mol. The van der Waals surface area contributed by atoms with Crippen LogP contribution in [0.5, 0.6) is 0 Å². The van der Waals surface area contributed by atoms with Gasteiger partial charge in [-0.3, -0.25) is 19.3 Å². The third-order valence-corrected chi connectivity index (χ3v) is 6.32. The quantitative estimate of drug-likeness (QED) is 0.515. The number of hydrogen-bond donors (Lipinski definition) is 1. The average Bonchev–Trinajstić information content (AvgIpc) is 3.08. The highest BCUT2D eigenvalue weighted by Crippen LogP contribution is 2.25. The minimum atomic E-state index is -0.916. The van der Waals surface area contributed by atoms with E-state index in [4.69, 9.17) is 4.74 Å². The molecule has 1 saturated carbocycles. The van der Waals surface area contributed by atoms with Gasteiger partial charge in [-0.25, -0.2) is 4.79 Å². The number of carbonyl (C=O) groups is 4. The largest absolute Gasteiger partial charge is 0.449 e. The first kappa shape index (κ1) is 22.7. The summed E-state index contributed by atoms with van der Waals surface area (Å²) in [6.07, 6.45) is 4.97. The maximum absolute atomic E-state index is 12.6. The van der Waals surface area contributed by atoms with Crippen molar-refractivity contribution in [3.63, 3.8) is 0 Å². The molecule has 4 rings (SSSR count). The molecule has 0 saturated heterocycles. The molecule has 1 atom stereocenters. The van der Waals surface area contributed by atoms with E-state index in [9.17, 15) is 19.2 Å². The van der Waals surface area contributed by atoms with Crippen LogP contribution in [-0.2, 0) is 16.1 Å². The SMILES string of the molecule is CC(OC(=O)c1cccc(CN2C(=O)c3ccccc3C2=O)c1)C(=O)NCC1CCCCC1. The second-order valence-electron chi connectivity index (χ2n) is 8.74.